The maximum atomic E-state index is 14.5. The number of likely N-dealkylation sites (tertiary alicyclic amines) is 1. The Bertz CT molecular complexity index is 1360. The van der Waals surface area contributed by atoms with E-state index in [1.54, 1.807) is 11.1 Å². The molecule has 40 heavy (non-hydrogen) atoms. The molecule has 2 fully saturated rings. The molecular formula is C34H41N3O3. The molecule has 0 unspecified atom stereocenters. The Labute approximate surface area is 238 Å². The van der Waals surface area contributed by atoms with Crippen molar-refractivity contribution in [2.75, 3.05) is 13.1 Å². The monoisotopic (exact) mass is 539 g/mol. The first-order valence-corrected chi connectivity index (χ1v) is 14.4. The van der Waals surface area contributed by atoms with E-state index >= 15 is 0 Å². The molecule has 2 atom stereocenters. The van der Waals surface area contributed by atoms with Crippen LogP contribution in [0.15, 0.2) is 67.0 Å². The largest absolute Gasteiger partial charge is 0.444 e. The topological polar surface area (TPSA) is 62.7 Å². The highest BCUT2D eigenvalue weighted by Crippen LogP contribution is 2.39. The Morgan fingerprint density at radius 2 is 1.75 bits per heavy atom. The molecule has 1 aromatic heterocycles. The van der Waals surface area contributed by atoms with Crippen LogP contribution < -0.4 is 0 Å². The predicted molar refractivity (Wildman–Crippen MR) is 158 cm³/mol. The number of aryl methyl sites for hydroxylation is 1. The summed E-state index contributed by atoms with van der Waals surface area (Å²) in [4.78, 5) is 35.7. The molecular weight excluding hydrogens is 498 g/mol. The van der Waals surface area contributed by atoms with Crippen LogP contribution >= 0.6 is 0 Å². The molecule has 1 aliphatic carbocycles. The summed E-state index contributed by atoms with van der Waals surface area (Å²) in [5.74, 6) is -0.216. The number of ether oxygens (including phenoxy) is 1. The molecule has 6 nitrogen and oxygen atoms in total. The Morgan fingerprint density at radius 3 is 2.45 bits per heavy atom. The highest BCUT2D eigenvalue weighted by atomic mass is 16.6. The zero-order chi connectivity index (χ0) is 28.4. The van der Waals surface area contributed by atoms with Crippen molar-refractivity contribution in [1.29, 1.82) is 0 Å². The minimum Gasteiger partial charge on any atom is -0.444 e. The van der Waals surface area contributed by atoms with Crippen molar-refractivity contribution in [1.82, 2.24) is 14.8 Å². The maximum absolute atomic E-state index is 14.5. The van der Waals surface area contributed by atoms with Crippen LogP contribution in [0.2, 0.25) is 0 Å². The highest BCUT2D eigenvalue weighted by Gasteiger charge is 2.43. The molecule has 0 N–H and O–H groups in total. The number of carbonyl (C=O) groups is 2. The van der Waals surface area contributed by atoms with Gasteiger partial charge >= 0.3 is 6.09 Å². The van der Waals surface area contributed by atoms with E-state index in [4.69, 9.17) is 4.74 Å². The molecule has 2 amide bonds. The van der Waals surface area contributed by atoms with Gasteiger partial charge in [0.25, 0.3) is 0 Å². The first kappa shape index (κ1) is 27.9. The van der Waals surface area contributed by atoms with Gasteiger partial charge in [-0.15, -0.1) is 0 Å². The van der Waals surface area contributed by atoms with Crippen molar-refractivity contribution in [2.24, 2.45) is 5.92 Å². The van der Waals surface area contributed by atoms with Crippen LogP contribution in [0.4, 0.5) is 4.79 Å². The number of aromatic nitrogens is 1. The molecule has 0 spiro atoms. The van der Waals surface area contributed by atoms with Gasteiger partial charge in [0.1, 0.15) is 5.60 Å². The number of carbonyl (C=O) groups excluding carboxylic acids is 2. The number of pyridine rings is 1. The molecule has 6 heteroatoms. The van der Waals surface area contributed by atoms with Crippen molar-refractivity contribution in [3.05, 3.63) is 89.2 Å². The van der Waals surface area contributed by atoms with Gasteiger partial charge in [0, 0.05) is 38.1 Å². The van der Waals surface area contributed by atoms with Gasteiger partial charge in [-0.25, -0.2) is 4.79 Å². The summed E-state index contributed by atoms with van der Waals surface area (Å²) in [7, 11) is 0. The van der Waals surface area contributed by atoms with E-state index in [2.05, 4.69) is 72.3 Å². The fourth-order valence-corrected chi connectivity index (χ4v) is 5.73. The fourth-order valence-electron chi connectivity index (χ4n) is 5.73. The summed E-state index contributed by atoms with van der Waals surface area (Å²) in [6.07, 6.45) is 6.05. The molecule has 3 aromatic rings. The second-order valence-corrected chi connectivity index (χ2v) is 12.4. The number of rotatable bonds is 6. The lowest BCUT2D eigenvalue weighted by Gasteiger charge is -2.40. The lowest BCUT2D eigenvalue weighted by Crippen LogP contribution is -2.51. The van der Waals surface area contributed by atoms with Crippen LogP contribution in [0.25, 0.3) is 11.1 Å². The van der Waals surface area contributed by atoms with Gasteiger partial charge in [0.15, 0.2) is 0 Å². The molecule has 0 bridgehead atoms. The van der Waals surface area contributed by atoms with Crippen LogP contribution in [0, 0.1) is 19.8 Å². The van der Waals surface area contributed by atoms with Gasteiger partial charge in [-0.05, 0) is 99.2 Å². The molecule has 0 radical (unpaired) electrons. The summed E-state index contributed by atoms with van der Waals surface area (Å²) in [5.41, 5.74) is 6.34. The Hall–Kier alpha value is -3.67. The normalized spacial score (nSPS) is 19.3. The third-order valence-corrected chi connectivity index (χ3v) is 8.22. The van der Waals surface area contributed by atoms with E-state index in [9.17, 15) is 9.59 Å². The van der Waals surface area contributed by atoms with Crippen LogP contribution in [0.3, 0.4) is 0 Å². The first-order valence-electron chi connectivity index (χ1n) is 14.4. The number of amides is 2. The molecule has 1 saturated heterocycles. The van der Waals surface area contributed by atoms with Gasteiger partial charge in [0.2, 0.25) is 5.91 Å². The predicted octanol–water partition coefficient (Wildman–Crippen LogP) is 6.90. The van der Waals surface area contributed by atoms with Crippen LogP contribution in [-0.4, -0.2) is 51.5 Å². The Kier molecular flexibility index (Phi) is 7.97. The van der Waals surface area contributed by atoms with Gasteiger partial charge in [-0.3, -0.25) is 9.78 Å². The molecule has 2 heterocycles. The van der Waals surface area contributed by atoms with E-state index in [-0.39, 0.29) is 29.9 Å². The molecule has 210 valence electrons. The highest BCUT2D eigenvalue weighted by molar-refractivity contribution is 5.82. The lowest BCUT2D eigenvalue weighted by atomic mass is 9.79. The minimum atomic E-state index is -0.589. The van der Waals surface area contributed by atoms with Crippen molar-refractivity contribution in [3.8, 4) is 11.1 Å². The molecule has 1 saturated carbocycles. The van der Waals surface area contributed by atoms with E-state index < -0.39 is 5.60 Å². The summed E-state index contributed by atoms with van der Waals surface area (Å²) in [6.45, 7) is 11.4. The van der Waals surface area contributed by atoms with Crippen molar-refractivity contribution >= 4 is 12.0 Å². The molecule has 1 aliphatic heterocycles. The zero-order valence-electron chi connectivity index (χ0n) is 24.4. The summed E-state index contributed by atoms with van der Waals surface area (Å²) >= 11 is 0. The Morgan fingerprint density at radius 1 is 1.00 bits per heavy atom. The third-order valence-electron chi connectivity index (χ3n) is 8.22. The van der Waals surface area contributed by atoms with Gasteiger partial charge < -0.3 is 14.5 Å². The molecule has 2 aliphatic rings. The lowest BCUT2D eigenvalue weighted by molar-refractivity contribution is -0.139. The number of nitrogens with zero attached hydrogens (tertiary/aromatic N) is 3. The second-order valence-electron chi connectivity index (χ2n) is 12.4. The van der Waals surface area contributed by atoms with Crippen LogP contribution in [0.1, 0.15) is 68.2 Å². The van der Waals surface area contributed by atoms with Crippen LogP contribution in [-0.2, 0) is 16.1 Å². The van der Waals surface area contributed by atoms with E-state index in [1.807, 2.05) is 33.0 Å². The summed E-state index contributed by atoms with van der Waals surface area (Å²) in [6, 6.07) is 19.0. The smallest absolute Gasteiger partial charge is 0.410 e. The second kappa shape index (κ2) is 11.4. The number of hydrogen-bond acceptors (Lipinski definition) is 4. The minimum absolute atomic E-state index is 0.00247. The first-order chi connectivity index (χ1) is 19.1. The number of piperidine rings is 1. The fraction of sp³-hybridized carbons (Fsp3) is 0.441. The van der Waals surface area contributed by atoms with Gasteiger partial charge in [-0.1, -0.05) is 48.5 Å². The molecule has 2 aromatic carbocycles. The SMILES string of the molecule is Cc1cccc(CN(C(=O)[C@H]2CN(C(=O)OC(C)(C)C)CC[C@@H]2c2cccc(-c3cccnc3)c2)C2CC2)c1C. The van der Waals surface area contributed by atoms with Crippen molar-refractivity contribution in [3.63, 3.8) is 0 Å². The maximum Gasteiger partial charge on any atom is 0.410 e. The van der Waals surface area contributed by atoms with E-state index in [0.717, 1.165) is 29.5 Å². The standard InChI is InChI=1S/C34H41N3O3/c1-23-9-6-12-28(24(23)2)21-37(29-14-15-29)32(38)31-22-36(33(39)40-34(3,4)5)18-16-30(31)26-11-7-10-25(19-26)27-13-8-17-35-20-27/h6-13,17,19-20,29-31H,14-16,18,21-22H2,1-5H3/t30-,31+/m1/s1. The van der Waals surface area contributed by atoms with Crippen molar-refractivity contribution in [2.45, 2.75) is 78.0 Å². The average molecular weight is 540 g/mol. The average Bonchev–Trinajstić information content (AvgIpc) is 3.78. The zero-order valence-corrected chi connectivity index (χ0v) is 24.4. The summed E-state index contributed by atoms with van der Waals surface area (Å²) < 4.78 is 5.72. The summed E-state index contributed by atoms with van der Waals surface area (Å²) in [5, 5.41) is 0. The van der Waals surface area contributed by atoms with E-state index in [1.165, 1.54) is 16.7 Å². The van der Waals surface area contributed by atoms with Crippen molar-refractivity contribution < 1.29 is 14.3 Å². The van der Waals surface area contributed by atoms with Gasteiger partial charge in [-0.2, -0.15) is 0 Å². The van der Waals surface area contributed by atoms with Crippen LogP contribution in [0.5, 0.6) is 0 Å². The number of hydrogen-bond donors (Lipinski definition) is 0. The molecule has 5 rings (SSSR count). The Balaban J connectivity index is 1.47. The third kappa shape index (κ3) is 6.38. The number of benzene rings is 2. The quantitative estimate of drug-likeness (QED) is 0.342. The van der Waals surface area contributed by atoms with Gasteiger partial charge in [0.05, 0.1) is 5.92 Å². The van der Waals surface area contributed by atoms with E-state index in [0.29, 0.717) is 26.1 Å².